The van der Waals surface area contributed by atoms with Crippen LogP contribution in [0.15, 0.2) is 0 Å². The second kappa shape index (κ2) is 18.3. The molecule has 0 aromatic carbocycles. The van der Waals surface area contributed by atoms with Gasteiger partial charge in [-0.05, 0) is 38.9 Å². The van der Waals surface area contributed by atoms with E-state index in [0.717, 1.165) is 0 Å². The molecule has 106 valence electrons. The van der Waals surface area contributed by atoms with Crippen LogP contribution in [0.5, 0.6) is 0 Å². The number of rotatable bonds is 10. The summed E-state index contributed by atoms with van der Waals surface area (Å²) in [6.45, 7) is 11.2. The Balaban J connectivity index is 0. The van der Waals surface area contributed by atoms with Crippen LogP contribution in [0.3, 0.4) is 0 Å². The highest BCUT2D eigenvalue weighted by molar-refractivity contribution is 4.57. The molecule has 0 spiro atoms. The molecule has 0 aromatic heterocycles. The van der Waals surface area contributed by atoms with Gasteiger partial charge < -0.3 is 15.7 Å². The van der Waals surface area contributed by atoms with E-state index >= 15 is 0 Å². The minimum absolute atomic E-state index is 0.0972. The number of nitrogens with two attached hydrogens (primary N) is 1. The first-order chi connectivity index (χ1) is 8.26. The largest absolute Gasteiger partial charge is 0.395 e. The van der Waals surface area contributed by atoms with E-state index in [0.29, 0.717) is 6.54 Å². The van der Waals surface area contributed by atoms with E-state index in [2.05, 4.69) is 25.7 Å². The van der Waals surface area contributed by atoms with Crippen LogP contribution < -0.4 is 5.73 Å². The van der Waals surface area contributed by atoms with E-state index in [1.165, 1.54) is 58.2 Å². The van der Waals surface area contributed by atoms with Gasteiger partial charge in [0.1, 0.15) is 0 Å². The predicted octanol–water partition coefficient (Wildman–Crippen LogP) is 2.63. The molecule has 0 radical (unpaired) electrons. The molecule has 0 aromatic rings. The van der Waals surface area contributed by atoms with E-state index in [-0.39, 0.29) is 6.61 Å². The van der Waals surface area contributed by atoms with Crippen molar-refractivity contribution in [3.05, 3.63) is 0 Å². The van der Waals surface area contributed by atoms with Crippen molar-refractivity contribution in [2.24, 2.45) is 5.73 Å². The second-order valence-corrected chi connectivity index (χ2v) is 4.41. The van der Waals surface area contributed by atoms with E-state index in [4.69, 9.17) is 10.8 Å². The summed E-state index contributed by atoms with van der Waals surface area (Å²) in [5.41, 5.74) is 4.78. The molecule has 0 atom stereocenters. The number of aliphatic hydroxyl groups is 1. The highest BCUT2D eigenvalue weighted by Crippen LogP contribution is 2.01. The van der Waals surface area contributed by atoms with Gasteiger partial charge in [-0.2, -0.15) is 0 Å². The zero-order chi connectivity index (χ0) is 13.4. The molecule has 0 aliphatic heterocycles. The fourth-order valence-electron chi connectivity index (χ4n) is 1.48. The van der Waals surface area contributed by atoms with Crippen molar-refractivity contribution in [1.82, 2.24) is 4.90 Å². The molecule has 3 N–H and O–H groups in total. The molecule has 0 rings (SSSR count). The Morgan fingerprint density at radius 2 is 1.12 bits per heavy atom. The van der Waals surface area contributed by atoms with Crippen LogP contribution >= 0.6 is 0 Å². The molecule has 0 amide bonds. The van der Waals surface area contributed by atoms with Crippen molar-refractivity contribution in [2.45, 2.75) is 59.3 Å². The van der Waals surface area contributed by atoms with Crippen molar-refractivity contribution in [3.8, 4) is 0 Å². The first kappa shape index (κ1) is 19.2. The summed E-state index contributed by atoms with van der Waals surface area (Å²) in [4.78, 5) is 2.64. The van der Waals surface area contributed by atoms with E-state index in [1.807, 2.05) is 0 Å². The summed E-state index contributed by atoms with van der Waals surface area (Å²) in [6, 6.07) is 0. The number of hydrogen-bond acceptors (Lipinski definition) is 3. The Labute approximate surface area is 108 Å². The van der Waals surface area contributed by atoms with Gasteiger partial charge in [0, 0.05) is 6.54 Å². The Morgan fingerprint density at radius 1 is 0.824 bits per heavy atom. The van der Waals surface area contributed by atoms with Crippen molar-refractivity contribution in [1.29, 1.82) is 0 Å². The molecule has 3 heteroatoms. The van der Waals surface area contributed by atoms with Gasteiger partial charge in [-0.25, -0.2) is 0 Å². The first-order valence-corrected chi connectivity index (χ1v) is 7.29. The zero-order valence-corrected chi connectivity index (χ0v) is 12.2. The third-order valence-corrected chi connectivity index (χ3v) is 2.61. The average Bonchev–Trinajstić information content (AvgIpc) is 2.38. The Hall–Kier alpha value is -0.120. The van der Waals surface area contributed by atoms with Crippen molar-refractivity contribution in [2.75, 3.05) is 32.8 Å². The lowest BCUT2D eigenvalue weighted by Crippen LogP contribution is -2.27. The summed E-state index contributed by atoms with van der Waals surface area (Å²) in [7, 11) is 0. The smallest absolute Gasteiger partial charge is 0.0553 e. The fourth-order valence-corrected chi connectivity index (χ4v) is 1.48. The number of aliphatic hydroxyl groups excluding tert-OH is 1. The van der Waals surface area contributed by atoms with Crippen LogP contribution in [0.2, 0.25) is 0 Å². The lowest BCUT2D eigenvalue weighted by Gasteiger charge is -2.21. The van der Waals surface area contributed by atoms with Gasteiger partial charge in [0.25, 0.3) is 0 Å². The maximum Gasteiger partial charge on any atom is 0.0553 e. The maximum absolute atomic E-state index is 7.75. The Kier molecular flexibility index (Phi) is 20.6. The summed E-state index contributed by atoms with van der Waals surface area (Å²) in [5, 5.41) is 7.75. The van der Waals surface area contributed by atoms with Crippen LogP contribution in [0.4, 0.5) is 0 Å². The third kappa shape index (κ3) is 18.4. The molecule has 0 fully saturated rings. The molecule has 0 saturated heterocycles. The van der Waals surface area contributed by atoms with Gasteiger partial charge in [-0.1, -0.05) is 40.0 Å². The van der Waals surface area contributed by atoms with Gasteiger partial charge in [0.05, 0.1) is 6.61 Å². The van der Waals surface area contributed by atoms with E-state index in [1.54, 1.807) is 0 Å². The topological polar surface area (TPSA) is 49.5 Å². The van der Waals surface area contributed by atoms with Crippen molar-refractivity contribution >= 4 is 0 Å². The Bertz CT molecular complexity index is 99.8. The SMILES string of the molecule is CCCCN(CCCC)CCCC.NCCO. The standard InChI is InChI=1S/C12H27N.C2H7NO/c1-4-7-10-13(11-8-5-2)12-9-6-3;3-1-2-4/h4-12H2,1-3H3;4H,1-3H2. The highest BCUT2D eigenvalue weighted by Gasteiger charge is 2.01. The third-order valence-electron chi connectivity index (χ3n) is 2.61. The lowest BCUT2D eigenvalue weighted by atomic mass is 10.2. The van der Waals surface area contributed by atoms with Crippen LogP contribution in [0.25, 0.3) is 0 Å². The number of nitrogens with zero attached hydrogens (tertiary/aromatic N) is 1. The van der Waals surface area contributed by atoms with Gasteiger partial charge in [-0.15, -0.1) is 0 Å². The van der Waals surface area contributed by atoms with Crippen molar-refractivity contribution < 1.29 is 5.11 Å². The number of unbranched alkanes of at least 4 members (excludes halogenated alkanes) is 3. The molecule has 3 nitrogen and oxygen atoms in total. The quantitative estimate of drug-likeness (QED) is 0.623. The maximum atomic E-state index is 7.75. The molecule has 0 unspecified atom stereocenters. The summed E-state index contributed by atoms with van der Waals surface area (Å²) in [5.74, 6) is 0. The zero-order valence-electron chi connectivity index (χ0n) is 12.2. The molecular formula is C14H34N2O. The van der Waals surface area contributed by atoms with E-state index in [9.17, 15) is 0 Å². The normalized spacial score (nSPS) is 10.2. The molecule has 0 aliphatic rings. The molecule has 17 heavy (non-hydrogen) atoms. The molecular weight excluding hydrogens is 212 g/mol. The highest BCUT2D eigenvalue weighted by atomic mass is 16.3. The van der Waals surface area contributed by atoms with Crippen LogP contribution in [0, 0.1) is 0 Å². The molecule has 0 heterocycles. The van der Waals surface area contributed by atoms with Crippen molar-refractivity contribution in [3.63, 3.8) is 0 Å². The predicted molar refractivity (Wildman–Crippen MR) is 77.3 cm³/mol. The fraction of sp³-hybridized carbons (Fsp3) is 1.00. The van der Waals surface area contributed by atoms with Crippen LogP contribution in [-0.2, 0) is 0 Å². The molecule has 0 saturated carbocycles. The molecule has 0 bridgehead atoms. The van der Waals surface area contributed by atoms with Crippen LogP contribution in [-0.4, -0.2) is 42.8 Å². The lowest BCUT2D eigenvalue weighted by molar-refractivity contribution is 0.261. The van der Waals surface area contributed by atoms with Gasteiger partial charge >= 0.3 is 0 Å². The van der Waals surface area contributed by atoms with Crippen LogP contribution in [0.1, 0.15) is 59.3 Å². The summed E-state index contributed by atoms with van der Waals surface area (Å²) >= 11 is 0. The van der Waals surface area contributed by atoms with Gasteiger partial charge in [0.15, 0.2) is 0 Å². The van der Waals surface area contributed by atoms with Gasteiger partial charge in [-0.3, -0.25) is 0 Å². The van der Waals surface area contributed by atoms with Gasteiger partial charge in [0.2, 0.25) is 0 Å². The monoisotopic (exact) mass is 246 g/mol. The van der Waals surface area contributed by atoms with E-state index < -0.39 is 0 Å². The molecule has 0 aliphatic carbocycles. The minimum atomic E-state index is 0.0972. The second-order valence-electron chi connectivity index (χ2n) is 4.41. The first-order valence-electron chi connectivity index (χ1n) is 7.29. The number of hydrogen-bond donors (Lipinski definition) is 2. The average molecular weight is 246 g/mol. The summed E-state index contributed by atoms with van der Waals surface area (Å²) < 4.78 is 0. The Morgan fingerprint density at radius 3 is 1.29 bits per heavy atom. The minimum Gasteiger partial charge on any atom is -0.395 e. The summed E-state index contributed by atoms with van der Waals surface area (Å²) in [6.07, 6.45) is 8.09.